The van der Waals surface area contributed by atoms with Gasteiger partial charge in [0.15, 0.2) is 4.90 Å². The van der Waals surface area contributed by atoms with Crippen molar-refractivity contribution in [3.63, 3.8) is 0 Å². The van der Waals surface area contributed by atoms with Crippen molar-refractivity contribution in [3.8, 4) is 0 Å². The van der Waals surface area contributed by atoms with Crippen LogP contribution in [0.3, 0.4) is 0 Å². The van der Waals surface area contributed by atoms with Crippen LogP contribution in [0.2, 0.25) is 0 Å². The van der Waals surface area contributed by atoms with Crippen molar-refractivity contribution in [1.82, 2.24) is 5.32 Å². The summed E-state index contributed by atoms with van der Waals surface area (Å²) in [6.07, 6.45) is 5.96. The number of primary amides is 1. The number of rotatable bonds is 10. The number of nitrogens with one attached hydrogen (secondary N) is 1. The minimum Gasteiger partial charge on any atom is -0.611 e. The summed E-state index contributed by atoms with van der Waals surface area (Å²) in [5.41, 5.74) is 4.37. The van der Waals surface area contributed by atoms with Crippen molar-refractivity contribution in [3.05, 3.63) is 30.3 Å². The van der Waals surface area contributed by atoms with E-state index in [1.807, 2.05) is 25.1 Å². The molecule has 1 fully saturated rings. The molecule has 0 heterocycles. The molecule has 1 saturated carbocycles. The number of unbranched alkanes of at least 4 members (excludes halogenated alkanes) is 1. The Bertz CT molecular complexity index is 674. The van der Waals surface area contributed by atoms with Gasteiger partial charge in [-0.05, 0) is 42.6 Å². The SMILES string of the molecule is CCCC[C@H](NC(=O)C1(C[S+]([O-])c2ccccc2)CCCCC1)C(=O)C(N)=O. The van der Waals surface area contributed by atoms with Gasteiger partial charge in [0.1, 0.15) is 5.75 Å². The zero-order chi connectivity index (χ0) is 20.6. The normalized spacial score (nSPS) is 18.1. The van der Waals surface area contributed by atoms with Gasteiger partial charge in [-0.2, -0.15) is 0 Å². The van der Waals surface area contributed by atoms with Gasteiger partial charge in [-0.3, -0.25) is 14.4 Å². The zero-order valence-corrected chi connectivity index (χ0v) is 17.3. The fourth-order valence-corrected chi connectivity index (χ4v) is 5.28. The molecule has 0 radical (unpaired) electrons. The van der Waals surface area contributed by atoms with Crippen molar-refractivity contribution in [1.29, 1.82) is 0 Å². The van der Waals surface area contributed by atoms with Gasteiger partial charge in [0.25, 0.3) is 5.91 Å². The Morgan fingerprint density at radius 3 is 2.39 bits per heavy atom. The van der Waals surface area contributed by atoms with E-state index in [1.165, 1.54) is 0 Å². The van der Waals surface area contributed by atoms with E-state index in [-0.39, 0.29) is 11.7 Å². The molecule has 7 heteroatoms. The lowest BCUT2D eigenvalue weighted by molar-refractivity contribution is -0.140. The van der Waals surface area contributed by atoms with E-state index in [0.29, 0.717) is 30.6 Å². The Morgan fingerprint density at radius 2 is 1.82 bits per heavy atom. The molecule has 6 nitrogen and oxygen atoms in total. The molecule has 0 bridgehead atoms. The highest BCUT2D eigenvalue weighted by atomic mass is 32.2. The molecule has 1 aromatic rings. The summed E-state index contributed by atoms with van der Waals surface area (Å²) in [5.74, 6) is -1.87. The Hall–Kier alpha value is -1.86. The number of hydrogen-bond donors (Lipinski definition) is 2. The second kappa shape index (κ2) is 10.6. The predicted molar refractivity (Wildman–Crippen MR) is 109 cm³/mol. The fourth-order valence-electron chi connectivity index (χ4n) is 3.73. The summed E-state index contributed by atoms with van der Waals surface area (Å²) in [6, 6.07) is 8.20. The summed E-state index contributed by atoms with van der Waals surface area (Å²) in [5, 5.41) is 2.78. The zero-order valence-electron chi connectivity index (χ0n) is 16.4. The molecule has 154 valence electrons. The van der Waals surface area contributed by atoms with Gasteiger partial charge in [-0.15, -0.1) is 0 Å². The number of benzene rings is 1. The monoisotopic (exact) mass is 406 g/mol. The molecule has 2 rings (SSSR count). The maximum Gasteiger partial charge on any atom is 0.287 e. The molecule has 0 saturated heterocycles. The largest absolute Gasteiger partial charge is 0.611 e. The van der Waals surface area contributed by atoms with Crippen LogP contribution in [0.25, 0.3) is 0 Å². The molecular weight excluding hydrogens is 376 g/mol. The fraction of sp³-hybridized carbons (Fsp3) is 0.571. The average molecular weight is 407 g/mol. The van der Waals surface area contributed by atoms with Crippen molar-refractivity contribution >= 4 is 28.8 Å². The molecule has 2 atom stereocenters. The Balaban J connectivity index is 2.19. The van der Waals surface area contributed by atoms with Gasteiger partial charge >= 0.3 is 0 Å². The lowest BCUT2D eigenvalue weighted by atomic mass is 9.74. The van der Waals surface area contributed by atoms with Crippen LogP contribution in [0.1, 0.15) is 58.3 Å². The van der Waals surface area contributed by atoms with E-state index < -0.39 is 34.3 Å². The van der Waals surface area contributed by atoms with Gasteiger partial charge in [0, 0.05) is 0 Å². The van der Waals surface area contributed by atoms with Crippen LogP contribution in [0.15, 0.2) is 35.2 Å². The maximum absolute atomic E-state index is 13.2. The smallest absolute Gasteiger partial charge is 0.287 e. The van der Waals surface area contributed by atoms with E-state index in [1.54, 1.807) is 12.1 Å². The lowest BCUT2D eigenvalue weighted by Gasteiger charge is -2.36. The Labute approximate surface area is 169 Å². The number of amides is 2. The third-order valence-corrected chi connectivity index (χ3v) is 7.03. The van der Waals surface area contributed by atoms with Crippen LogP contribution in [0.5, 0.6) is 0 Å². The topological polar surface area (TPSA) is 112 Å². The highest BCUT2D eigenvalue weighted by molar-refractivity contribution is 7.91. The van der Waals surface area contributed by atoms with Crippen LogP contribution in [-0.4, -0.2) is 33.9 Å². The number of nitrogens with two attached hydrogens (primary N) is 1. The van der Waals surface area contributed by atoms with E-state index in [9.17, 15) is 18.9 Å². The van der Waals surface area contributed by atoms with Gasteiger partial charge in [-0.1, -0.05) is 57.2 Å². The summed E-state index contributed by atoms with van der Waals surface area (Å²) in [4.78, 5) is 37.5. The van der Waals surface area contributed by atoms with E-state index in [4.69, 9.17) is 5.73 Å². The first kappa shape index (κ1) is 22.4. The Morgan fingerprint density at radius 1 is 1.18 bits per heavy atom. The lowest BCUT2D eigenvalue weighted by Crippen LogP contribution is -2.53. The highest BCUT2D eigenvalue weighted by Crippen LogP contribution is 2.39. The van der Waals surface area contributed by atoms with Crippen LogP contribution in [0.4, 0.5) is 0 Å². The number of hydrogen-bond acceptors (Lipinski definition) is 4. The van der Waals surface area contributed by atoms with Crippen LogP contribution in [-0.2, 0) is 25.6 Å². The van der Waals surface area contributed by atoms with E-state index in [0.717, 1.165) is 25.7 Å². The molecule has 1 unspecified atom stereocenters. The summed E-state index contributed by atoms with van der Waals surface area (Å²) in [7, 11) is 0. The summed E-state index contributed by atoms with van der Waals surface area (Å²) >= 11 is -1.32. The van der Waals surface area contributed by atoms with Crippen molar-refractivity contribution < 1.29 is 18.9 Å². The quantitative estimate of drug-likeness (QED) is 0.459. The highest BCUT2D eigenvalue weighted by Gasteiger charge is 2.45. The number of Topliss-reactive ketones (excluding diaryl/α,β-unsaturated/α-hetero) is 1. The summed E-state index contributed by atoms with van der Waals surface area (Å²) < 4.78 is 12.9. The second-order valence-corrected chi connectivity index (χ2v) is 8.99. The molecule has 0 aliphatic heterocycles. The van der Waals surface area contributed by atoms with Gasteiger partial charge in [0.2, 0.25) is 11.7 Å². The average Bonchev–Trinajstić information content (AvgIpc) is 2.71. The number of carbonyl (C=O) groups excluding carboxylic acids is 3. The first-order valence-corrected chi connectivity index (χ1v) is 11.3. The molecule has 1 aliphatic rings. The van der Waals surface area contributed by atoms with E-state index in [2.05, 4.69) is 5.32 Å². The van der Waals surface area contributed by atoms with Crippen LogP contribution < -0.4 is 11.1 Å². The summed E-state index contributed by atoms with van der Waals surface area (Å²) in [6.45, 7) is 1.97. The first-order chi connectivity index (χ1) is 13.4. The van der Waals surface area contributed by atoms with Crippen molar-refractivity contribution in [2.75, 3.05) is 5.75 Å². The first-order valence-electron chi connectivity index (χ1n) is 9.97. The minimum atomic E-state index is -1.32. The van der Waals surface area contributed by atoms with Gasteiger partial charge in [-0.25, -0.2) is 0 Å². The minimum absolute atomic E-state index is 0.216. The van der Waals surface area contributed by atoms with Crippen molar-refractivity contribution in [2.24, 2.45) is 11.1 Å². The standard InChI is InChI=1S/C21H30N2O4S/c1-2-3-12-17(18(24)19(22)25)23-20(26)21(13-8-5-9-14-21)15-28(27)16-10-6-4-7-11-16/h4,6-7,10-11,17H,2-3,5,8-9,12-15H2,1H3,(H2,22,25)(H,23,26)/t17-,28?/m0/s1. The van der Waals surface area contributed by atoms with Crippen LogP contribution in [0, 0.1) is 5.41 Å². The van der Waals surface area contributed by atoms with E-state index >= 15 is 0 Å². The molecule has 0 spiro atoms. The molecule has 28 heavy (non-hydrogen) atoms. The molecule has 3 N–H and O–H groups in total. The second-order valence-electron chi connectivity index (χ2n) is 7.54. The third-order valence-electron chi connectivity index (χ3n) is 5.42. The Kier molecular flexibility index (Phi) is 8.51. The molecule has 2 amide bonds. The van der Waals surface area contributed by atoms with Gasteiger partial charge in [0.05, 0.1) is 11.5 Å². The maximum atomic E-state index is 13.2. The molecule has 1 aliphatic carbocycles. The van der Waals surface area contributed by atoms with Crippen LogP contribution >= 0.6 is 0 Å². The predicted octanol–water partition coefficient (Wildman–Crippen LogP) is 2.47. The molecule has 1 aromatic carbocycles. The third kappa shape index (κ3) is 5.82. The molecular formula is C21H30N2O4S. The number of ketones is 1. The number of carbonyl (C=O) groups is 3. The molecule has 0 aromatic heterocycles. The van der Waals surface area contributed by atoms with Crippen molar-refractivity contribution in [2.45, 2.75) is 69.2 Å². The van der Waals surface area contributed by atoms with Gasteiger partial charge < -0.3 is 15.6 Å².